The third kappa shape index (κ3) is 5.03. The number of rotatable bonds is 8. The number of hydrogen-bond donors (Lipinski definition) is 1. The van der Waals surface area contributed by atoms with Crippen molar-refractivity contribution in [2.75, 3.05) is 26.7 Å². The van der Waals surface area contributed by atoms with E-state index in [9.17, 15) is 9.18 Å². The standard InChI is InChI=1S/C22H26ClFN2O2/c1-28-20-10-3-2-7-16(20)11-12-21(27)25-15-19(26-13-4-5-14-26)22-17(23)8-6-9-18(22)24/h2-3,6-10,19H,4-5,11-15H2,1H3,(H,25,27). The van der Waals surface area contributed by atoms with Gasteiger partial charge in [0.25, 0.3) is 0 Å². The molecule has 0 radical (unpaired) electrons. The van der Waals surface area contributed by atoms with E-state index in [1.807, 2.05) is 24.3 Å². The molecule has 6 heteroatoms. The normalized spacial score (nSPS) is 15.4. The quantitative estimate of drug-likeness (QED) is 0.710. The first kappa shape index (κ1) is 20.6. The highest BCUT2D eigenvalue weighted by atomic mass is 35.5. The molecule has 2 aromatic carbocycles. The van der Waals surface area contributed by atoms with Crippen molar-refractivity contribution in [1.29, 1.82) is 0 Å². The summed E-state index contributed by atoms with van der Waals surface area (Å²) in [5.74, 6) is 0.388. The molecule has 0 saturated carbocycles. The van der Waals surface area contributed by atoms with Crippen molar-refractivity contribution >= 4 is 17.5 Å². The van der Waals surface area contributed by atoms with Crippen molar-refractivity contribution in [3.05, 3.63) is 64.4 Å². The van der Waals surface area contributed by atoms with E-state index < -0.39 is 0 Å². The molecule has 3 rings (SSSR count). The van der Waals surface area contributed by atoms with E-state index >= 15 is 0 Å². The molecule has 0 spiro atoms. The first-order valence-corrected chi connectivity index (χ1v) is 10.0. The summed E-state index contributed by atoms with van der Waals surface area (Å²) in [6.07, 6.45) is 3.08. The zero-order valence-electron chi connectivity index (χ0n) is 16.1. The predicted molar refractivity (Wildman–Crippen MR) is 109 cm³/mol. The Morgan fingerprint density at radius 3 is 2.68 bits per heavy atom. The Labute approximate surface area is 170 Å². The molecule has 1 aliphatic heterocycles. The van der Waals surface area contributed by atoms with Gasteiger partial charge in [-0.25, -0.2) is 4.39 Å². The Morgan fingerprint density at radius 1 is 1.21 bits per heavy atom. The van der Waals surface area contributed by atoms with Crippen molar-refractivity contribution in [3.63, 3.8) is 0 Å². The highest BCUT2D eigenvalue weighted by Crippen LogP contribution is 2.32. The van der Waals surface area contributed by atoms with Gasteiger partial charge in [0.2, 0.25) is 5.91 Å². The number of carbonyl (C=O) groups is 1. The Balaban J connectivity index is 1.64. The first-order chi connectivity index (χ1) is 13.6. The minimum absolute atomic E-state index is 0.0671. The van der Waals surface area contributed by atoms with Crippen LogP contribution in [-0.4, -0.2) is 37.6 Å². The van der Waals surface area contributed by atoms with Crippen molar-refractivity contribution in [3.8, 4) is 5.75 Å². The zero-order chi connectivity index (χ0) is 19.9. The fourth-order valence-corrected chi connectivity index (χ4v) is 4.04. The van der Waals surface area contributed by atoms with Gasteiger partial charge in [-0.2, -0.15) is 0 Å². The van der Waals surface area contributed by atoms with Crippen LogP contribution in [0.2, 0.25) is 5.02 Å². The van der Waals surface area contributed by atoms with Gasteiger partial charge in [-0.3, -0.25) is 9.69 Å². The van der Waals surface area contributed by atoms with Gasteiger partial charge in [0.05, 0.1) is 13.2 Å². The lowest BCUT2D eigenvalue weighted by atomic mass is 10.0. The summed E-state index contributed by atoms with van der Waals surface area (Å²) in [6.45, 7) is 2.10. The van der Waals surface area contributed by atoms with E-state index in [0.717, 1.165) is 37.2 Å². The van der Waals surface area contributed by atoms with Gasteiger partial charge < -0.3 is 10.1 Å². The maximum absolute atomic E-state index is 14.5. The van der Waals surface area contributed by atoms with E-state index in [-0.39, 0.29) is 17.8 Å². The van der Waals surface area contributed by atoms with Crippen molar-refractivity contribution < 1.29 is 13.9 Å². The van der Waals surface area contributed by atoms with Crippen LogP contribution in [0.3, 0.4) is 0 Å². The molecule has 1 aliphatic rings. The van der Waals surface area contributed by atoms with Crippen LogP contribution in [0.4, 0.5) is 4.39 Å². The molecule has 0 aliphatic carbocycles. The van der Waals surface area contributed by atoms with Gasteiger partial charge >= 0.3 is 0 Å². The largest absolute Gasteiger partial charge is 0.496 e. The molecule has 1 heterocycles. The van der Waals surface area contributed by atoms with Crippen molar-refractivity contribution in [1.82, 2.24) is 10.2 Å². The Bertz CT molecular complexity index is 789. The average Bonchev–Trinajstić information content (AvgIpc) is 3.23. The number of amides is 1. The number of carbonyl (C=O) groups excluding carboxylic acids is 1. The van der Waals surface area contributed by atoms with Crippen LogP contribution in [0.25, 0.3) is 0 Å². The molecule has 0 bridgehead atoms. The SMILES string of the molecule is COc1ccccc1CCC(=O)NCC(c1c(F)cccc1Cl)N1CCCC1. The fraction of sp³-hybridized carbons (Fsp3) is 0.409. The number of benzene rings is 2. The van der Waals surface area contributed by atoms with Crippen LogP contribution in [-0.2, 0) is 11.2 Å². The average molecular weight is 405 g/mol. The Morgan fingerprint density at radius 2 is 1.96 bits per heavy atom. The highest BCUT2D eigenvalue weighted by Gasteiger charge is 2.28. The predicted octanol–water partition coefficient (Wildman–Crippen LogP) is 4.37. The van der Waals surface area contributed by atoms with Crippen LogP contribution in [0.5, 0.6) is 5.75 Å². The number of nitrogens with zero attached hydrogens (tertiary/aromatic N) is 1. The maximum Gasteiger partial charge on any atom is 0.220 e. The lowest BCUT2D eigenvalue weighted by Gasteiger charge is -2.29. The summed E-state index contributed by atoms with van der Waals surface area (Å²) < 4.78 is 19.8. The van der Waals surface area contributed by atoms with Crippen LogP contribution in [0.1, 0.15) is 36.4 Å². The molecular weight excluding hydrogens is 379 g/mol. The topological polar surface area (TPSA) is 41.6 Å². The third-order valence-corrected chi connectivity index (χ3v) is 5.55. The molecule has 28 heavy (non-hydrogen) atoms. The summed E-state index contributed by atoms with van der Waals surface area (Å²) in [5.41, 5.74) is 1.46. The van der Waals surface area contributed by atoms with E-state index in [2.05, 4.69) is 10.2 Å². The summed E-state index contributed by atoms with van der Waals surface area (Å²) >= 11 is 6.30. The van der Waals surface area contributed by atoms with E-state index in [4.69, 9.17) is 16.3 Å². The van der Waals surface area contributed by atoms with Gasteiger partial charge in [-0.05, 0) is 56.1 Å². The van der Waals surface area contributed by atoms with Gasteiger partial charge in [0.15, 0.2) is 0 Å². The highest BCUT2D eigenvalue weighted by molar-refractivity contribution is 6.31. The smallest absolute Gasteiger partial charge is 0.220 e. The lowest BCUT2D eigenvalue weighted by Crippen LogP contribution is -2.37. The summed E-state index contributed by atoms with van der Waals surface area (Å²) in [5, 5.41) is 3.38. The second kappa shape index (κ2) is 9.89. The fourth-order valence-electron chi connectivity index (χ4n) is 3.75. The number of methoxy groups -OCH3 is 1. The van der Waals surface area contributed by atoms with E-state index in [1.165, 1.54) is 6.07 Å². The van der Waals surface area contributed by atoms with Crippen LogP contribution in [0.15, 0.2) is 42.5 Å². The zero-order valence-corrected chi connectivity index (χ0v) is 16.8. The number of ether oxygens (including phenoxy) is 1. The molecule has 1 atom stereocenters. The Hall–Kier alpha value is -2.11. The third-order valence-electron chi connectivity index (χ3n) is 5.22. The van der Waals surface area contributed by atoms with Gasteiger partial charge in [-0.15, -0.1) is 0 Å². The molecule has 1 N–H and O–H groups in total. The van der Waals surface area contributed by atoms with Crippen molar-refractivity contribution in [2.45, 2.75) is 31.7 Å². The first-order valence-electron chi connectivity index (χ1n) is 9.66. The van der Waals surface area contributed by atoms with Gasteiger partial charge in [0.1, 0.15) is 11.6 Å². The second-order valence-corrected chi connectivity index (χ2v) is 7.42. The van der Waals surface area contributed by atoms with Crippen molar-refractivity contribution in [2.24, 2.45) is 0 Å². The molecule has 2 aromatic rings. The molecule has 1 amide bonds. The van der Waals surface area contributed by atoms with Gasteiger partial charge in [0, 0.05) is 23.6 Å². The van der Waals surface area contributed by atoms with Crippen LogP contribution >= 0.6 is 11.6 Å². The molecule has 1 fully saturated rings. The lowest BCUT2D eigenvalue weighted by molar-refractivity contribution is -0.121. The van der Waals surface area contributed by atoms with E-state index in [0.29, 0.717) is 30.0 Å². The maximum atomic E-state index is 14.5. The monoisotopic (exact) mass is 404 g/mol. The minimum Gasteiger partial charge on any atom is -0.496 e. The van der Waals surface area contributed by atoms with E-state index in [1.54, 1.807) is 19.2 Å². The number of aryl methyl sites for hydroxylation is 1. The molecule has 1 unspecified atom stereocenters. The van der Waals surface area contributed by atoms with Crippen LogP contribution < -0.4 is 10.1 Å². The second-order valence-electron chi connectivity index (χ2n) is 7.01. The number of likely N-dealkylation sites (tertiary alicyclic amines) is 1. The van der Waals surface area contributed by atoms with Gasteiger partial charge in [-0.1, -0.05) is 35.9 Å². The molecule has 0 aromatic heterocycles. The molecule has 150 valence electrons. The van der Waals surface area contributed by atoms with Crippen LogP contribution in [0, 0.1) is 5.82 Å². The number of halogens is 2. The summed E-state index contributed by atoms with van der Waals surface area (Å²) in [6, 6.07) is 12.1. The molecule has 1 saturated heterocycles. The number of para-hydroxylation sites is 1. The minimum atomic E-state index is -0.326. The summed E-state index contributed by atoms with van der Waals surface area (Å²) in [7, 11) is 1.62. The molecule has 4 nitrogen and oxygen atoms in total. The Kier molecular flexibility index (Phi) is 7.29. The molecular formula is C22H26ClFN2O2. The number of nitrogens with one attached hydrogen (secondary N) is 1. The summed E-state index contributed by atoms with van der Waals surface area (Å²) in [4.78, 5) is 14.6. The number of hydrogen-bond acceptors (Lipinski definition) is 3.